The lowest BCUT2D eigenvalue weighted by molar-refractivity contribution is 0.101. The number of methoxy groups -OCH3 is 2. The Bertz CT molecular complexity index is 1470. The zero-order chi connectivity index (χ0) is 28.1. The lowest BCUT2D eigenvalue weighted by Crippen LogP contribution is -2.19. The van der Waals surface area contributed by atoms with Gasteiger partial charge in [-0.2, -0.15) is 0 Å². The maximum Gasteiger partial charge on any atom is 0.259 e. The van der Waals surface area contributed by atoms with E-state index in [1.54, 1.807) is 24.4 Å². The molecule has 204 valence electrons. The number of amides is 1. The Morgan fingerprint density at radius 2 is 1.79 bits per heavy atom. The number of aromatic nitrogens is 1. The summed E-state index contributed by atoms with van der Waals surface area (Å²) in [6, 6.07) is 11.4. The second-order valence-electron chi connectivity index (χ2n) is 9.65. The van der Waals surface area contributed by atoms with E-state index in [-0.39, 0.29) is 41.2 Å². The number of hydrogen-bond donors (Lipinski definition) is 3. The topological polar surface area (TPSA) is 136 Å². The van der Waals surface area contributed by atoms with Gasteiger partial charge >= 0.3 is 0 Å². The average molecular weight is 544 g/mol. The molecule has 3 aromatic rings. The van der Waals surface area contributed by atoms with E-state index >= 15 is 0 Å². The molecule has 11 heteroatoms. The fraction of sp³-hybridized carbons (Fsp3) is 0.333. The van der Waals surface area contributed by atoms with Crippen molar-refractivity contribution in [3.63, 3.8) is 0 Å². The van der Waals surface area contributed by atoms with E-state index < -0.39 is 15.9 Å². The standard InChI is InChI=1S/C27H33N3O7S/c1-27(2,3)21-14-17(19-8-7-11-28-25(19)31)15-22(24(21)36-5)29-26(32)20-10-9-18(30-38(6,33)34)16-23(20)37-13-12-35-4/h7-11,14-16,30H,12-13H2,1-6H3,(H,28,31)(H,29,32). The molecule has 0 spiro atoms. The van der Waals surface area contributed by atoms with Gasteiger partial charge in [0.2, 0.25) is 10.0 Å². The van der Waals surface area contributed by atoms with Crippen molar-refractivity contribution in [1.82, 2.24) is 4.98 Å². The molecule has 0 atom stereocenters. The van der Waals surface area contributed by atoms with Crippen molar-refractivity contribution in [2.45, 2.75) is 26.2 Å². The molecule has 3 rings (SSSR count). The molecule has 10 nitrogen and oxygen atoms in total. The van der Waals surface area contributed by atoms with Gasteiger partial charge in [0.05, 0.1) is 36.9 Å². The lowest BCUT2D eigenvalue weighted by Gasteiger charge is -2.25. The molecule has 0 fully saturated rings. The first-order valence-electron chi connectivity index (χ1n) is 11.8. The second-order valence-corrected chi connectivity index (χ2v) is 11.4. The summed E-state index contributed by atoms with van der Waals surface area (Å²) in [6.45, 7) is 6.42. The summed E-state index contributed by atoms with van der Waals surface area (Å²) in [4.78, 5) is 28.7. The van der Waals surface area contributed by atoms with Crippen LogP contribution in [-0.2, 0) is 20.2 Å². The zero-order valence-corrected chi connectivity index (χ0v) is 23.1. The summed E-state index contributed by atoms with van der Waals surface area (Å²) in [5, 5.41) is 2.89. The van der Waals surface area contributed by atoms with Crippen molar-refractivity contribution in [1.29, 1.82) is 0 Å². The molecular formula is C27H33N3O7S. The van der Waals surface area contributed by atoms with Gasteiger partial charge in [0.1, 0.15) is 18.1 Å². The highest BCUT2D eigenvalue weighted by Crippen LogP contribution is 2.41. The first-order valence-corrected chi connectivity index (χ1v) is 13.7. The Morgan fingerprint density at radius 3 is 2.39 bits per heavy atom. The van der Waals surface area contributed by atoms with E-state index in [0.717, 1.165) is 11.8 Å². The Balaban J connectivity index is 2.10. The number of carbonyl (C=O) groups is 1. The van der Waals surface area contributed by atoms with E-state index in [1.165, 1.54) is 32.4 Å². The Kier molecular flexibility index (Phi) is 8.85. The zero-order valence-electron chi connectivity index (χ0n) is 22.3. The second kappa shape index (κ2) is 11.7. The number of hydrogen-bond acceptors (Lipinski definition) is 7. The monoisotopic (exact) mass is 543 g/mol. The summed E-state index contributed by atoms with van der Waals surface area (Å²) >= 11 is 0. The van der Waals surface area contributed by atoms with Gasteiger partial charge in [-0.25, -0.2) is 8.42 Å². The number of nitrogens with one attached hydrogen (secondary N) is 3. The van der Waals surface area contributed by atoms with E-state index in [2.05, 4.69) is 15.0 Å². The third-order valence-electron chi connectivity index (χ3n) is 5.55. The number of sulfonamides is 1. The summed E-state index contributed by atoms with van der Waals surface area (Å²) in [6.07, 6.45) is 2.58. The van der Waals surface area contributed by atoms with E-state index in [0.29, 0.717) is 22.6 Å². The fourth-order valence-electron chi connectivity index (χ4n) is 3.83. The van der Waals surface area contributed by atoms with E-state index in [4.69, 9.17) is 14.2 Å². The highest BCUT2D eigenvalue weighted by molar-refractivity contribution is 7.92. The molecule has 0 bridgehead atoms. The molecule has 38 heavy (non-hydrogen) atoms. The minimum absolute atomic E-state index is 0.142. The number of carbonyl (C=O) groups excluding carboxylic acids is 1. The summed E-state index contributed by atoms with van der Waals surface area (Å²) in [7, 11) is -0.508. The number of anilines is 2. The van der Waals surface area contributed by atoms with Gasteiger partial charge in [-0.1, -0.05) is 20.8 Å². The molecule has 1 aromatic heterocycles. The summed E-state index contributed by atoms with van der Waals surface area (Å²) < 4.78 is 42.3. The van der Waals surface area contributed by atoms with E-state index in [1.807, 2.05) is 26.8 Å². The normalized spacial score (nSPS) is 11.6. The van der Waals surface area contributed by atoms with Gasteiger partial charge < -0.3 is 24.5 Å². The number of ether oxygens (including phenoxy) is 3. The average Bonchev–Trinajstić information content (AvgIpc) is 2.82. The van der Waals surface area contributed by atoms with Crippen LogP contribution in [0.1, 0.15) is 36.7 Å². The predicted octanol–water partition coefficient (Wildman–Crippen LogP) is 4.00. The SMILES string of the molecule is COCCOc1cc(NS(C)(=O)=O)ccc1C(=O)Nc1cc(-c2ccc[nH]c2=O)cc(C(C)(C)C)c1OC. The first kappa shape index (κ1) is 28.7. The molecule has 1 amide bonds. The van der Waals surface area contributed by atoms with Crippen LogP contribution in [0.25, 0.3) is 11.1 Å². The quantitative estimate of drug-likeness (QED) is 0.329. The number of pyridine rings is 1. The third-order valence-corrected chi connectivity index (χ3v) is 6.16. The van der Waals surface area contributed by atoms with Gasteiger partial charge in [-0.05, 0) is 47.4 Å². The molecule has 1 heterocycles. The minimum atomic E-state index is -3.54. The number of aromatic amines is 1. The molecule has 0 aliphatic carbocycles. The van der Waals surface area contributed by atoms with Crippen LogP contribution in [0.5, 0.6) is 11.5 Å². The molecule has 0 unspecified atom stereocenters. The third kappa shape index (κ3) is 7.14. The molecular weight excluding hydrogens is 510 g/mol. The van der Waals surface area contributed by atoms with Crippen LogP contribution in [0, 0.1) is 0 Å². The van der Waals surface area contributed by atoms with Gasteiger partial charge in [0, 0.05) is 30.5 Å². The van der Waals surface area contributed by atoms with Crippen molar-refractivity contribution in [2.75, 3.05) is 43.7 Å². The molecule has 3 N–H and O–H groups in total. The smallest absolute Gasteiger partial charge is 0.259 e. The van der Waals surface area contributed by atoms with Gasteiger partial charge in [-0.3, -0.25) is 14.3 Å². The van der Waals surface area contributed by atoms with Crippen LogP contribution in [0.4, 0.5) is 11.4 Å². The molecule has 0 aliphatic heterocycles. The Hall–Kier alpha value is -3.83. The fourth-order valence-corrected chi connectivity index (χ4v) is 4.39. The molecule has 0 saturated carbocycles. The van der Waals surface area contributed by atoms with Crippen LogP contribution < -0.4 is 25.1 Å². The van der Waals surface area contributed by atoms with Gasteiger partial charge in [0.25, 0.3) is 11.5 Å². The van der Waals surface area contributed by atoms with Crippen molar-refractivity contribution in [3.8, 4) is 22.6 Å². The highest BCUT2D eigenvalue weighted by atomic mass is 32.2. The van der Waals surface area contributed by atoms with Crippen LogP contribution in [0.3, 0.4) is 0 Å². The maximum atomic E-state index is 13.5. The molecule has 0 radical (unpaired) electrons. The van der Waals surface area contributed by atoms with Crippen LogP contribution in [-0.4, -0.2) is 53.0 Å². The number of benzene rings is 2. The largest absolute Gasteiger partial charge is 0.494 e. The molecule has 0 saturated heterocycles. The highest BCUT2D eigenvalue weighted by Gasteiger charge is 2.25. The molecule has 0 aliphatic rings. The van der Waals surface area contributed by atoms with Gasteiger partial charge in [-0.15, -0.1) is 0 Å². The van der Waals surface area contributed by atoms with Crippen molar-refractivity contribution in [3.05, 3.63) is 70.1 Å². The maximum absolute atomic E-state index is 13.5. The van der Waals surface area contributed by atoms with Gasteiger partial charge in [0.15, 0.2) is 0 Å². The van der Waals surface area contributed by atoms with Crippen LogP contribution in [0.2, 0.25) is 0 Å². The first-order chi connectivity index (χ1) is 17.8. The van der Waals surface area contributed by atoms with Crippen molar-refractivity contribution >= 4 is 27.3 Å². The van der Waals surface area contributed by atoms with Crippen molar-refractivity contribution < 1.29 is 27.4 Å². The Labute approximate surface area is 222 Å². The lowest BCUT2D eigenvalue weighted by atomic mass is 9.84. The predicted molar refractivity (Wildman–Crippen MR) is 148 cm³/mol. The van der Waals surface area contributed by atoms with Crippen LogP contribution in [0.15, 0.2) is 53.5 Å². The number of H-pyrrole nitrogens is 1. The van der Waals surface area contributed by atoms with E-state index in [9.17, 15) is 18.0 Å². The summed E-state index contributed by atoms with van der Waals surface area (Å²) in [5.41, 5.74) is 1.97. The summed E-state index contributed by atoms with van der Waals surface area (Å²) in [5.74, 6) is 0.110. The van der Waals surface area contributed by atoms with Crippen molar-refractivity contribution in [2.24, 2.45) is 0 Å². The van der Waals surface area contributed by atoms with Crippen LogP contribution >= 0.6 is 0 Å². The Morgan fingerprint density at radius 1 is 1.05 bits per heavy atom. The minimum Gasteiger partial charge on any atom is -0.494 e. The number of rotatable bonds is 10. The molecule has 2 aromatic carbocycles.